The van der Waals surface area contributed by atoms with Crippen molar-refractivity contribution in [3.63, 3.8) is 0 Å². The van der Waals surface area contributed by atoms with Crippen LogP contribution in [0, 0.1) is 13.8 Å². The first-order chi connectivity index (χ1) is 13.7. The maximum atomic E-state index is 12.4. The van der Waals surface area contributed by atoms with Crippen molar-refractivity contribution in [1.29, 1.82) is 0 Å². The fraction of sp³-hybridized carbons (Fsp3) is 0.348. The molecule has 2 N–H and O–H groups in total. The quantitative estimate of drug-likeness (QED) is 0.699. The molecule has 6 heteroatoms. The van der Waals surface area contributed by atoms with Gasteiger partial charge in [0.1, 0.15) is 6.54 Å². The largest absolute Gasteiger partial charge is 0.451 e. The molecule has 0 unspecified atom stereocenters. The number of amides is 2. The maximum Gasteiger partial charge on any atom is 0.326 e. The smallest absolute Gasteiger partial charge is 0.326 e. The van der Waals surface area contributed by atoms with Crippen LogP contribution < -0.4 is 10.6 Å². The maximum absolute atomic E-state index is 12.4. The fourth-order valence-corrected chi connectivity index (χ4v) is 2.78. The number of carbonyl (C=O) groups excluding carboxylic acids is 3. The Morgan fingerprint density at radius 2 is 1.66 bits per heavy atom. The van der Waals surface area contributed by atoms with Gasteiger partial charge in [0.15, 0.2) is 6.10 Å². The summed E-state index contributed by atoms with van der Waals surface area (Å²) in [7, 11) is 0. The Bertz CT molecular complexity index is 906. The van der Waals surface area contributed by atoms with E-state index in [-0.39, 0.29) is 18.4 Å². The van der Waals surface area contributed by atoms with Crippen molar-refractivity contribution >= 4 is 23.5 Å². The summed E-state index contributed by atoms with van der Waals surface area (Å²) < 4.78 is 5.15. The van der Waals surface area contributed by atoms with Crippen LogP contribution in [0.25, 0.3) is 0 Å². The van der Waals surface area contributed by atoms with E-state index in [4.69, 9.17) is 4.74 Å². The average molecular weight is 396 g/mol. The van der Waals surface area contributed by atoms with Crippen molar-refractivity contribution < 1.29 is 19.1 Å². The molecule has 0 aliphatic rings. The minimum absolute atomic E-state index is 0.241. The number of esters is 1. The van der Waals surface area contributed by atoms with Gasteiger partial charge in [-0.3, -0.25) is 14.4 Å². The third-order valence-electron chi connectivity index (χ3n) is 4.68. The second kappa shape index (κ2) is 9.87. The number of aryl methyl sites for hydroxylation is 2. The van der Waals surface area contributed by atoms with Crippen LogP contribution in [0.15, 0.2) is 42.5 Å². The van der Waals surface area contributed by atoms with E-state index < -0.39 is 18.0 Å². The molecule has 0 aliphatic carbocycles. The van der Waals surface area contributed by atoms with Gasteiger partial charge < -0.3 is 15.4 Å². The summed E-state index contributed by atoms with van der Waals surface area (Å²) in [4.78, 5) is 36.6. The number of nitrogens with one attached hydrogen (secondary N) is 2. The summed E-state index contributed by atoms with van der Waals surface area (Å²) in [5.41, 5.74) is 4.24. The number of rotatable bonds is 7. The van der Waals surface area contributed by atoms with Crippen LogP contribution in [0.5, 0.6) is 0 Å². The van der Waals surface area contributed by atoms with E-state index in [1.807, 2.05) is 58.0 Å². The van der Waals surface area contributed by atoms with Crippen molar-refractivity contribution in [2.75, 3.05) is 11.9 Å². The summed E-state index contributed by atoms with van der Waals surface area (Å²) in [6.07, 6.45) is -0.985. The van der Waals surface area contributed by atoms with Gasteiger partial charge in [0, 0.05) is 11.3 Å². The standard InChI is InChI=1S/C23H28N2O4/c1-14(2)19-8-6-7-9-20(19)25-22(27)17(5)29-21(26)13-24-23(28)18-11-10-15(3)16(4)12-18/h6-12,14,17H,13H2,1-5H3,(H,24,28)(H,25,27)/t17-/m1/s1. The zero-order valence-corrected chi connectivity index (χ0v) is 17.5. The highest BCUT2D eigenvalue weighted by Gasteiger charge is 2.20. The highest BCUT2D eigenvalue weighted by molar-refractivity contribution is 5.97. The van der Waals surface area contributed by atoms with E-state index in [1.54, 1.807) is 12.1 Å². The van der Waals surface area contributed by atoms with E-state index in [0.717, 1.165) is 16.7 Å². The predicted molar refractivity (Wildman–Crippen MR) is 113 cm³/mol. The van der Waals surface area contributed by atoms with Crippen LogP contribution in [0.2, 0.25) is 0 Å². The molecule has 0 bridgehead atoms. The average Bonchev–Trinajstić information content (AvgIpc) is 2.68. The van der Waals surface area contributed by atoms with Gasteiger partial charge in [-0.1, -0.05) is 38.1 Å². The first-order valence-corrected chi connectivity index (χ1v) is 9.63. The number of para-hydroxylation sites is 1. The lowest BCUT2D eigenvalue weighted by Crippen LogP contribution is -2.36. The van der Waals surface area contributed by atoms with E-state index in [2.05, 4.69) is 10.6 Å². The van der Waals surface area contributed by atoms with Crippen molar-refractivity contribution in [3.8, 4) is 0 Å². The molecule has 0 fully saturated rings. The molecule has 154 valence electrons. The molecule has 29 heavy (non-hydrogen) atoms. The summed E-state index contributed by atoms with van der Waals surface area (Å²) in [5, 5.41) is 5.31. The number of hydrogen-bond acceptors (Lipinski definition) is 4. The minimum atomic E-state index is -0.985. The molecular formula is C23H28N2O4. The van der Waals surface area contributed by atoms with Gasteiger partial charge in [-0.15, -0.1) is 0 Å². The van der Waals surface area contributed by atoms with Gasteiger partial charge in [-0.05, 0) is 61.6 Å². The topological polar surface area (TPSA) is 84.5 Å². The van der Waals surface area contributed by atoms with Gasteiger partial charge >= 0.3 is 5.97 Å². The van der Waals surface area contributed by atoms with Crippen molar-refractivity contribution in [1.82, 2.24) is 5.32 Å². The van der Waals surface area contributed by atoms with Crippen LogP contribution in [0.4, 0.5) is 5.69 Å². The molecule has 2 rings (SSSR count). The van der Waals surface area contributed by atoms with E-state index in [1.165, 1.54) is 6.92 Å². The van der Waals surface area contributed by atoms with Crippen LogP contribution in [0.3, 0.4) is 0 Å². The molecule has 1 atom stereocenters. The SMILES string of the molecule is Cc1ccc(C(=O)NCC(=O)O[C@H](C)C(=O)Nc2ccccc2C(C)C)cc1C. The predicted octanol–water partition coefficient (Wildman–Crippen LogP) is 3.73. The molecule has 0 saturated heterocycles. The highest BCUT2D eigenvalue weighted by Crippen LogP contribution is 2.23. The first-order valence-electron chi connectivity index (χ1n) is 9.63. The third-order valence-corrected chi connectivity index (χ3v) is 4.68. The zero-order valence-electron chi connectivity index (χ0n) is 17.5. The Morgan fingerprint density at radius 3 is 2.31 bits per heavy atom. The second-order valence-electron chi connectivity index (χ2n) is 7.35. The molecule has 0 aromatic heterocycles. The number of anilines is 1. The number of benzene rings is 2. The number of hydrogen-bond donors (Lipinski definition) is 2. The third kappa shape index (κ3) is 6.17. The molecule has 0 spiro atoms. The highest BCUT2D eigenvalue weighted by atomic mass is 16.5. The van der Waals surface area contributed by atoms with Crippen LogP contribution in [0.1, 0.15) is 53.7 Å². The number of carbonyl (C=O) groups is 3. The lowest BCUT2D eigenvalue weighted by Gasteiger charge is -2.17. The Kier molecular flexibility index (Phi) is 7.53. The summed E-state index contributed by atoms with van der Waals surface area (Å²) in [6, 6.07) is 12.8. The number of ether oxygens (including phenoxy) is 1. The molecule has 2 aromatic carbocycles. The Labute approximate surface area is 171 Å². The molecule has 2 aromatic rings. The molecule has 0 radical (unpaired) electrons. The normalized spacial score (nSPS) is 11.7. The van der Waals surface area contributed by atoms with Gasteiger partial charge in [0.25, 0.3) is 11.8 Å². The molecular weight excluding hydrogens is 368 g/mol. The van der Waals surface area contributed by atoms with Crippen LogP contribution in [-0.2, 0) is 14.3 Å². The lowest BCUT2D eigenvalue weighted by molar-refractivity contribution is -0.152. The molecule has 0 heterocycles. The summed E-state index contributed by atoms with van der Waals surface area (Å²) in [6.45, 7) is 9.13. The van der Waals surface area contributed by atoms with Gasteiger partial charge in [0.05, 0.1) is 0 Å². The minimum Gasteiger partial charge on any atom is -0.451 e. The Balaban J connectivity index is 1.87. The molecule has 0 aliphatic heterocycles. The molecule has 6 nitrogen and oxygen atoms in total. The van der Waals surface area contributed by atoms with Crippen molar-refractivity contribution in [2.24, 2.45) is 0 Å². The van der Waals surface area contributed by atoms with Crippen LogP contribution in [-0.4, -0.2) is 30.4 Å². The van der Waals surface area contributed by atoms with Gasteiger partial charge in [0.2, 0.25) is 0 Å². The van der Waals surface area contributed by atoms with E-state index >= 15 is 0 Å². The summed E-state index contributed by atoms with van der Waals surface area (Å²) in [5.74, 6) is -1.23. The molecule has 2 amide bonds. The fourth-order valence-electron chi connectivity index (χ4n) is 2.78. The monoisotopic (exact) mass is 396 g/mol. The van der Waals surface area contributed by atoms with Crippen LogP contribution >= 0.6 is 0 Å². The zero-order chi connectivity index (χ0) is 21.6. The Hall–Kier alpha value is -3.15. The van der Waals surface area contributed by atoms with Crippen molar-refractivity contribution in [3.05, 3.63) is 64.7 Å². The summed E-state index contributed by atoms with van der Waals surface area (Å²) >= 11 is 0. The van der Waals surface area contributed by atoms with Gasteiger partial charge in [-0.25, -0.2) is 0 Å². The Morgan fingerprint density at radius 1 is 0.966 bits per heavy atom. The van der Waals surface area contributed by atoms with Gasteiger partial charge in [-0.2, -0.15) is 0 Å². The lowest BCUT2D eigenvalue weighted by atomic mass is 10.0. The molecule has 0 saturated carbocycles. The van der Waals surface area contributed by atoms with E-state index in [0.29, 0.717) is 11.3 Å². The second-order valence-corrected chi connectivity index (χ2v) is 7.35. The van der Waals surface area contributed by atoms with E-state index in [9.17, 15) is 14.4 Å². The van der Waals surface area contributed by atoms with Crippen molar-refractivity contribution in [2.45, 2.75) is 46.6 Å². The first kappa shape index (κ1) is 22.1.